The Morgan fingerprint density at radius 3 is 2.79 bits per heavy atom. The molecule has 0 saturated heterocycles. The third kappa shape index (κ3) is 4.12. The summed E-state index contributed by atoms with van der Waals surface area (Å²) < 4.78 is 29.7. The van der Waals surface area contributed by atoms with Gasteiger partial charge in [-0.3, -0.25) is 10.1 Å². The first kappa shape index (κ1) is 15.3. The number of ether oxygens (including phenoxy) is 1. The monoisotopic (exact) mass is 278 g/mol. The van der Waals surface area contributed by atoms with Gasteiger partial charge in [-0.1, -0.05) is 6.92 Å². The Morgan fingerprint density at radius 2 is 2.26 bits per heavy atom. The number of nitrogens with one attached hydrogen (secondary N) is 1. The van der Waals surface area contributed by atoms with Crippen LogP contribution in [0.25, 0.3) is 0 Å². The molecule has 0 aliphatic heterocycles. The fraction of sp³-hybridized carbons (Fsp3) is 0.700. The second-order valence-corrected chi connectivity index (χ2v) is 3.77. The molecule has 1 aromatic heterocycles. The van der Waals surface area contributed by atoms with Crippen LogP contribution in [0, 0.1) is 10.1 Å². The molecular weight excluding hydrogens is 262 g/mol. The zero-order valence-corrected chi connectivity index (χ0v) is 10.7. The van der Waals surface area contributed by atoms with Crippen molar-refractivity contribution < 1.29 is 18.4 Å². The van der Waals surface area contributed by atoms with Crippen LogP contribution in [0.4, 0.5) is 20.3 Å². The van der Waals surface area contributed by atoms with E-state index < -0.39 is 18.0 Å². The van der Waals surface area contributed by atoms with Crippen LogP contribution in [0.3, 0.4) is 0 Å². The van der Waals surface area contributed by atoms with Gasteiger partial charge in [-0.15, -0.1) is 0 Å². The number of alkyl halides is 2. The van der Waals surface area contributed by atoms with Crippen LogP contribution in [0.5, 0.6) is 0 Å². The Bertz CT molecular complexity index is 437. The lowest BCUT2D eigenvalue weighted by Gasteiger charge is -2.06. The predicted molar refractivity (Wildman–Crippen MR) is 64.6 cm³/mol. The maximum Gasteiger partial charge on any atom is 0.333 e. The zero-order chi connectivity index (χ0) is 14.4. The Morgan fingerprint density at radius 1 is 1.58 bits per heavy atom. The van der Waals surface area contributed by atoms with Crippen LogP contribution < -0.4 is 5.32 Å². The molecule has 9 heteroatoms. The molecule has 19 heavy (non-hydrogen) atoms. The normalized spacial score (nSPS) is 11.0. The number of anilines is 1. The highest BCUT2D eigenvalue weighted by Crippen LogP contribution is 2.27. The molecule has 0 amide bonds. The van der Waals surface area contributed by atoms with Crippen LogP contribution in [0.2, 0.25) is 0 Å². The summed E-state index contributed by atoms with van der Waals surface area (Å²) in [5.74, 6) is 0.252. The predicted octanol–water partition coefficient (Wildman–Crippen LogP) is 1.58. The lowest BCUT2D eigenvalue weighted by Crippen LogP contribution is -2.15. The van der Waals surface area contributed by atoms with Gasteiger partial charge in [0.1, 0.15) is 12.3 Å². The summed E-state index contributed by atoms with van der Waals surface area (Å²) in [6.07, 6.45) is -2.08. The number of hydrogen-bond donors (Lipinski definition) is 1. The lowest BCUT2D eigenvalue weighted by atomic mass is 10.3. The van der Waals surface area contributed by atoms with E-state index in [-0.39, 0.29) is 24.7 Å². The van der Waals surface area contributed by atoms with Crippen molar-refractivity contribution in [2.24, 2.45) is 7.05 Å². The van der Waals surface area contributed by atoms with E-state index in [0.717, 1.165) is 0 Å². The maximum absolute atomic E-state index is 11.8. The van der Waals surface area contributed by atoms with Gasteiger partial charge in [0, 0.05) is 13.6 Å². The molecule has 0 radical (unpaired) electrons. The highest BCUT2D eigenvalue weighted by Gasteiger charge is 2.25. The summed E-state index contributed by atoms with van der Waals surface area (Å²) in [5, 5.41) is 17.8. The van der Waals surface area contributed by atoms with Gasteiger partial charge < -0.3 is 10.1 Å². The van der Waals surface area contributed by atoms with Gasteiger partial charge in [0.05, 0.1) is 11.5 Å². The molecule has 1 N–H and O–H groups in total. The molecule has 0 unspecified atom stereocenters. The topological polar surface area (TPSA) is 82.2 Å². The van der Waals surface area contributed by atoms with Crippen molar-refractivity contribution in [1.82, 2.24) is 9.78 Å². The fourth-order valence-electron chi connectivity index (χ4n) is 1.61. The quantitative estimate of drug-likeness (QED) is 0.443. The van der Waals surface area contributed by atoms with E-state index in [1.54, 1.807) is 14.0 Å². The van der Waals surface area contributed by atoms with Crippen LogP contribution in [0.1, 0.15) is 12.6 Å². The molecule has 1 aromatic rings. The van der Waals surface area contributed by atoms with E-state index >= 15 is 0 Å². The molecule has 0 spiro atoms. The average molecular weight is 278 g/mol. The second-order valence-electron chi connectivity index (χ2n) is 3.77. The SMILES string of the molecule is CCc1nn(C)c(NCCOCC(F)F)c1[N+](=O)[O-]. The van der Waals surface area contributed by atoms with Gasteiger partial charge in [-0.2, -0.15) is 5.10 Å². The van der Waals surface area contributed by atoms with E-state index in [1.165, 1.54) is 4.68 Å². The van der Waals surface area contributed by atoms with Gasteiger partial charge >= 0.3 is 5.69 Å². The van der Waals surface area contributed by atoms with Crippen molar-refractivity contribution in [3.8, 4) is 0 Å². The number of nitro groups is 1. The molecule has 7 nitrogen and oxygen atoms in total. The number of aryl methyl sites for hydroxylation is 2. The zero-order valence-electron chi connectivity index (χ0n) is 10.7. The molecule has 108 valence electrons. The molecule has 0 atom stereocenters. The van der Waals surface area contributed by atoms with Crippen molar-refractivity contribution in [2.45, 2.75) is 19.8 Å². The van der Waals surface area contributed by atoms with Gasteiger partial charge in [0.25, 0.3) is 6.43 Å². The Balaban J connectivity index is 2.62. The van der Waals surface area contributed by atoms with E-state index in [1.807, 2.05) is 0 Å². The summed E-state index contributed by atoms with van der Waals surface area (Å²) >= 11 is 0. The van der Waals surface area contributed by atoms with Crippen LogP contribution in [-0.4, -0.2) is 40.9 Å². The summed E-state index contributed by atoms with van der Waals surface area (Å²) in [6, 6.07) is 0. The first-order valence-corrected chi connectivity index (χ1v) is 5.77. The summed E-state index contributed by atoms with van der Waals surface area (Å²) in [7, 11) is 1.58. The minimum absolute atomic E-state index is 0.0358. The van der Waals surface area contributed by atoms with Crippen molar-refractivity contribution in [3.05, 3.63) is 15.8 Å². The second kappa shape index (κ2) is 6.98. The fourth-order valence-corrected chi connectivity index (χ4v) is 1.61. The number of hydrogen-bond acceptors (Lipinski definition) is 5. The maximum atomic E-state index is 11.8. The molecule has 0 aliphatic carbocycles. The average Bonchev–Trinajstić information content (AvgIpc) is 2.65. The first-order valence-electron chi connectivity index (χ1n) is 5.77. The summed E-state index contributed by atoms with van der Waals surface area (Å²) in [5.41, 5.74) is 0.294. The van der Waals surface area contributed by atoms with Gasteiger partial charge in [0.15, 0.2) is 0 Å². The summed E-state index contributed by atoms with van der Waals surface area (Å²) in [4.78, 5) is 10.5. The first-order chi connectivity index (χ1) is 8.97. The van der Waals surface area contributed by atoms with Gasteiger partial charge in [-0.25, -0.2) is 13.5 Å². The van der Waals surface area contributed by atoms with Crippen LogP contribution in [-0.2, 0) is 18.2 Å². The van der Waals surface area contributed by atoms with E-state index in [4.69, 9.17) is 0 Å². The van der Waals surface area contributed by atoms with Crippen LogP contribution in [0.15, 0.2) is 0 Å². The smallest absolute Gasteiger partial charge is 0.333 e. The Hall–Kier alpha value is -1.77. The number of halogens is 2. The molecular formula is C10H16F2N4O3. The Labute approximate surface area is 108 Å². The van der Waals surface area contributed by atoms with E-state index in [9.17, 15) is 18.9 Å². The minimum atomic E-state index is -2.52. The highest BCUT2D eigenvalue weighted by atomic mass is 19.3. The standard InChI is InChI=1S/C10H16F2N4O3/c1-3-7-9(16(17)18)10(15(2)14-7)13-4-5-19-6-8(11)12/h8,13H,3-6H2,1-2H3. The highest BCUT2D eigenvalue weighted by molar-refractivity contribution is 5.59. The molecule has 1 rings (SSSR count). The lowest BCUT2D eigenvalue weighted by molar-refractivity contribution is -0.384. The third-order valence-electron chi connectivity index (χ3n) is 2.39. The van der Waals surface area contributed by atoms with Crippen molar-refractivity contribution in [2.75, 3.05) is 25.1 Å². The van der Waals surface area contributed by atoms with Gasteiger partial charge in [-0.05, 0) is 6.42 Å². The largest absolute Gasteiger partial charge is 0.374 e. The van der Waals surface area contributed by atoms with Crippen molar-refractivity contribution in [1.29, 1.82) is 0 Å². The minimum Gasteiger partial charge on any atom is -0.374 e. The molecule has 0 bridgehead atoms. The molecule has 0 aromatic carbocycles. The van der Waals surface area contributed by atoms with Gasteiger partial charge in [0.2, 0.25) is 5.82 Å². The Kier molecular flexibility index (Phi) is 5.61. The number of aromatic nitrogens is 2. The van der Waals surface area contributed by atoms with Crippen molar-refractivity contribution in [3.63, 3.8) is 0 Å². The summed E-state index contributed by atoms with van der Waals surface area (Å²) in [6.45, 7) is 1.35. The molecule has 0 aliphatic rings. The number of nitrogens with zero attached hydrogens (tertiary/aromatic N) is 3. The molecule has 0 fully saturated rings. The number of rotatable bonds is 8. The van der Waals surface area contributed by atoms with Crippen molar-refractivity contribution >= 4 is 11.5 Å². The van der Waals surface area contributed by atoms with Crippen LogP contribution >= 0.6 is 0 Å². The van der Waals surface area contributed by atoms with E-state index in [0.29, 0.717) is 12.1 Å². The molecule has 0 saturated carbocycles. The molecule has 1 heterocycles. The third-order valence-corrected chi connectivity index (χ3v) is 2.39. The van der Waals surface area contributed by atoms with E-state index in [2.05, 4.69) is 15.2 Å².